The standard InChI is InChI=1S/C19H16N4O3/c1-12-20-15-9-5-3-7-13(15)19(24)23(12)11-17-21-18(26-22-17)14-8-4-6-10-16(14)25-2/h3-10H,11H2,1-2H3. The summed E-state index contributed by atoms with van der Waals surface area (Å²) in [5, 5.41) is 4.56. The Morgan fingerprint density at radius 3 is 2.69 bits per heavy atom. The van der Waals surface area contributed by atoms with Crippen molar-refractivity contribution in [3.63, 3.8) is 0 Å². The summed E-state index contributed by atoms with van der Waals surface area (Å²) < 4.78 is 12.2. The summed E-state index contributed by atoms with van der Waals surface area (Å²) >= 11 is 0. The topological polar surface area (TPSA) is 83.0 Å². The molecule has 4 aromatic rings. The zero-order valence-corrected chi connectivity index (χ0v) is 14.3. The molecule has 7 heteroatoms. The predicted molar refractivity (Wildman–Crippen MR) is 96.1 cm³/mol. The molecule has 0 fully saturated rings. The highest BCUT2D eigenvalue weighted by atomic mass is 16.5. The normalized spacial score (nSPS) is 11.0. The first kappa shape index (κ1) is 16.0. The molecule has 0 radical (unpaired) electrons. The van der Waals surface area contributed by atoms with Crippen LogP contribution in [0.5, 0.6) is 5.75 Å². The molecule has 130 valence electrons. The van der Waals surface area contributed by atoms with Crippen molar-refractivity contribution in [2.45, 2.75) is 13.5 Å². The van der Waals surface area contributed by atoms with E-state index in [1.807, 2.05) is 42.5 Å². The van der Waals surface area contributed by atoms with E-state index in [-0.39, 0.29) is 12.1 Å². The molecule has 4 rings (SSSR count). The van der Waals surface area contributed by atoms with Gasteiger partial charge in [0.25, 0.3) is 11.4 Å². The van der Waals surface area contributed by atoms with Gasteiger partial charge in [0.15, 0.2) is 5.82 Å². The molecule has 26 heavy (non-hydrogen) atoms. The number of rotatable bonds is 4. The van der Waals surface area contributed by atoms with Crippen LogP contribution >= 0.6 is 0 Å². The largest absolute Gasteiger partial charge is 0.496 e. The van der Waals surface area contributed by atoms with Crippen LogP contribution in [0.15, 0.2) is 57.8 Å². The van der Waals surface area contributed by atoms with Crippen molar-refractivity contribution in [1.82, 2.24) is 19.7 Å². The molecule has 0 aliphatic heterocycles. The van der Waals surface area contributed by atoms with Gasteiger partial charge in [-0.05, 0) is 31.2 Å². The van der Waals surface area contributed by atoms with Crippen molar-refractivity contribution in [2.24, 2.45) is 0 Å². The van der Waals surface area contributed by atoms with Gasteiger partial charge >= 0.3 is 0 Å². The Morgan fingerprint density at radius 2 is 1.85 bits per heavy atom. The van der Waals surface area contributed by atoms with E-state index in [4.69, 9.17) is 9.26 Å². The van der Waals surface area contributed by atoms with Crippen LogP contribution < -0.4 is 10.3 Å². The Morgan fingerprint density at radius 1 is 1.08 bits per heavy atom. The molecule has 0 unspecified atom stereocenters. The molecule has 0 amide bonds. The summed E-state index contributed by atoms with van der Waals surface area (Å²) in [5.41, 5.74) is 1.25. The lowest BCUT2D eigenvalue weighted by Crippen LogP contribution is -2.24. The first-order valence-electron chi connectivity index (χ1n) is 8.09. The zero-order chi connectivity index (χ0) is 18.1. The van der Waals surface area contributed by atoms with E-state index in [1.165, 1.54) is 0 Å². The van der Waals surface area contributed by atoms with Crippen molar-refractivity contribution in [1.29, 1.82) is 0 Å². The molecule has 0 saturated carbocycles. The molecule has 0 atom stereocenters. The highest BCUT2D eigenvalue weighted by molar-refractivity contribution is 5.77. The number of ether oxygens (including phenoxy) is 1. The van der Waals surface area contributed by atoms with E-state index in [1.54, 1.807) is 24.7 Å². The van der Waals surface area contributed by atoms with Crippen LogP contribution in [-0.4, -0.2) is 26.8 Å². The first-order chi connectivity index (χ1) is 12.7. The summed E-state index contributed by atoms with van der Waals surface area (Å²) in [7, 11) is 1.58. The Labute approximate surface area is 148 Å². The van der Waals surface area contributed by atoms with Crippen LogP contribution in [0.25, 0.3) is 22.4 Å². The highest BCUT2D eigenvalue weighted by Crippen LogP contribution is 2.28. The Hall–Kier alpha value is -3.48. The predicted octanol–water partition coefficient (Wildman–Crippen LogP) is 2.81. The third-order valence-electron chi connectivity index (χ3n) is 4.16. The van der Waals surface area contributed by atoms with Crippen LogP contribution in [0.1, 0.15) is 11.6 Å². The second-order valence-corrected chi connectivity index (χ2v) is 5.78. The fraction of sp³-hybridized carbons (Fsp3) is 0.158. The Balaban J connectivity index is 1.72. The molecule has 2 heterocycles. The van der Waals surface area contributed by atoms with Crippen molar-refractivity contribution >= 4 is 10.9 Å². The van der Waals surface area contributed by atoms with Crippen LogP contribution in [0.3, 0.4) is 0 Å². The smallest absolute Gasteiger partial charge is 0.261 e. The maximum absolute atomic E-state index is 12.7. The monoisotopic (exact) mass is 348 g/mol. The SMILES string of the molecule is COc1ccccc1-c1nc(Cn2c(C)nc3ccccc3c2=O)no1. The number of fused-ring (bicyclic) bond motifs is 1. The van der Waals surface area contributed by atoms with Gasteiger partial charge in [-0.25, -0.2) is 4.98 Å². The van der Waals surface area contributed by atoms with Gasteiger partial charge in [-0.3, -0.25) is 9.36 Å². The fourth-order valence-electron chi connectivity index (χ4n) is 2.86. The molecule has 0 saturated heterocycles. The summed E-state index contributed by atoms with van der Waals surface area (Å²) in [4.78, 5) is 21.6. The van der Waals surface area contributed by atoms with Crippen LogP contribution in [0.2, 0.25) is 0 Å². The highest BCUT2D eigenvalue weighted by Gasteiger charge is 2.15. The van der Waals surface area contributed by atoms with Gasteiger partial charge in [-0.15, -0.1) is 0 Å². The van der Waals surface area contributed by atoms with Gasteiger partial charge < -0.3 is 9.26 Å². The van der Waals surface area contributed by atoms with E-state index >= 15 is 0 Å². The third-order valence-corrected chi connectivity index (χ3v) is 4.16. The lowest BCUT2D eigenvalue weighted by Gasteiger charge is -2.08. The lowest BCUT2D eigenvalue weighted by molar-refractivity contribution is 0.402. The second kappa shape index (κ2) is 6.44. The van der Waals surface area contributed by atoms with Crippen molar-refractivity contribution < 1.29 is 9.26 Å². The number of nitrogens with zero attached hydrogens (tertiary/aromatic N) is 4. The van der Waals surface area contributed by atoms with E-state index in [2.05, 4.69) is 15.1 Å². The van der Waals surface area contributed by atoms with Gasteiger partial charge in [0.2, 0.25) is 0 Å². The van der Waals surface area contributed by atoms with Gasteiger partial charge in [-0.2, -0.15) is 4.98 Å². The number of aryl methyl sites for hydroxylation is 1. The van der Waals surface area contributed by atoms with Crippen LogP contribution in [0, 0.1) is 6.92 Å². The van der Waals surface area contributed by atoms with Crippen molar-refractivity contribution in [3.05, 3.63) is 70.5 Å². The number of methoxy groups -OCH3 is 1. The quantitative estimate of drug-likeness (QED) is 0.564. The number of aromatic nitrogens is 4. The van der Waals surface area contributed by atoms with Crippen LogP contribution in [0.4, 0.5) is 0 Å². The summed E-state index contributed by atoms with van der Waals surface area (Å²) in [5.74, 6) is 1.98. The molecule has 2 aromatic heterocycles. The van der Waals surface area contributed by atoms with Gasteiger partial charge in [0.05, 0.1) is 30.1 Å². The molecule has 0 aliphatic carbocycles. The van der Waals surface area contributed by atoms with Gasteiger partial charge in [-0.1, -0.05) is 29.4 Å². The molecule has 7 nitrogen and oxygen atoms in total. The van der Waals surface area contributed by atoms with Gasteiger partial charge in [0.1, 0.15) is 11.6 Å². The average molecular weight is 348 g/mol. The molecule has 0 aliphatic rings. The summed E-state index contributed by atoms with van der Waals surface area (Å²) in [6, 6.07) is 14.6. The second-order valence-electron chi connectivity index (χ2n) is 5.78. The maximum Gasteiger partial charge on any atom is 0.261 e. The van der Waals surface area contributed by atoms with E-state index in [0.29, 0.717) is 39.8 Å². The van der Waals surface area contributed by atoms with Crippen molar-refractivity contribution in [2.75, 3.05) is 7.11 Å². The van der Waals surface area contributed by atoms with Gasteiger partial charge in [0, 0.05) is 0 Å². The van der Waals surface area contributed by atoms with Crippen LogP contribution in [-0.2, 0) is 6.54 Å². The number of para-hydroxylation sites is 2. The maximum atomic E-state index is 12.7. The van der Waals surface area contributed by atoms with Crippen molar-refractivity contribution in [3.8, 4) is 17.2 Å². The summed E-state index contributed by atoms with van der Waals surface area (Å²) in [6.07, 6.45) is 0. The fourth-order valence-corrected chi connectivity index (χ4v) is 2.86. The Kier molecular flexibility index (Phi) is 3.96. The van der Waals surface area contributed by atoms with E-state index < -0.39 is 0 Å². The minimum absolute atomic E-state index is 0.128. The Bertz CT molecular complexity index is 1150. The van der Waals surface area contributed by atoms with E-state index in [0.717, 1.165) is 0 Å². The summed E-state index contributed by atoms with van der Waals surface area (Å²) in [6.45, 7) is 1.97. The molecular formula is C19H16N4O3. The minimum Gasteiger partial charge on any atom is -0.496 e. The zero-order valence-electron chi connectivity index (χ0n) is 14.3. The molecule has 0 spiro atoms. The molecule has 0 bridgehead atoms. The first-order valence-corrected chi connectivity index (χ1v) is 8.09. The molecule has 0 N–H and O–H groups in total. The number of benzene rings is 2. The molecule has 2 aromatic carbocycles. The third kappa shape index (κ3) is 2.73. The lowest BCUT2D eigenvalue weighted by atomic mass is 10.2. The minimum atomic E-state index is -0.128. The number of hydrogen-bond donors (Lipinski definition) is 0. The average Bonchev–Trinajstić information content (AvgIpc) is 3.13. The number of hydrogen-bond acceptors (Lipinski definition) is 6. The van der Waals surface area contributed by atoms with E-state index in [9.17, 15) is 4.79 Å². The molecular weight excluding hydrogens is 332 g/mol.